The molecule has 0 fully saturated rings. The molecule has 1 aromatic carbocycles. The van der Waals surface area contributed by atoms with E-state index in [2.05, 4.69) is 24.1 Å². The second-order valence-electron chi connectivity index (χ2n) is 4.42. The lowest BCUT2D eigenvalue weighted by Gasteiger charge is -2.18. The number of nitrogens with zero attached hydrogens (tertiary/aromatic N) is 1. The Labute approximate surface area is 121 Å². The molecule has 0 saturated carbocycles. The van der Waals surface area contributed by atoms with Crippen molar-refractivity contribution in [3.63, 3.8) is 0 Å². The van der Waals surface area contributed by atoms with Crippen LogP contribution in [0.2, 0.25) is 0 Å². The van der Waals surface area contributed by atoms with E-state index in [1.807, 2.05) is 0 Å². The Bertz CT molecular complexity index is 427. The quantitative estimate of drug-likeness (QED) is 0.431. The molecule has 7 heteroatoms. The molecule has 0 radical (unpaired) electrons. The molecule has 3 nitrogen and oxygen atoms in total. The van der Waals surface area contributed by atoms with E-state index >= 15 is 0 Å². The summed E-state index contributed by atoms with van der Waals surface area (Å²) in [5, 5.41) is 3.02. The lowest BCUT2D eigenvalue weighted by Crippen LogP contribution is -2.33. The Morgan fingerprint density at radius 3 is 2.10 bits per heavy atom. The first kappa shape index (κ1) is 17.7. The summed E-state index contributed by atoms with van der Waals surface area (Å²) in [5.74, 6) is -7.00. The zero-order valence-electron chi connectivity index (χ0n) is 12.2. The molecule has 1 aromatic rings. The van der Waals surface area contributed by atoms with E-state index in [-0.39, 0.29) is 12.7 Å². The molecule has 0 bridgehead atoms. The Kier molecular flexibility index (Phi) is 7.45. The molecule has 0 amide bonds. The highest BCUT2D eigenvalue weighted by molar-refractivity contribution is 5.28. The molecule has 0 saturated heterocycles. The number of hydrogen-bond acceptors (Lipinski definition) is 3. The van der Waals surface area contributed by atoms with Crippen molar-refractivity contribution in [1.29, 1.82) is 0 Å². The molecule has 0 spiro atoms. The van der Waals surface area contributed by atoms with Crippen LogP contribution in [0.3, 0.4) is 0 Å². The second-order valence-corrected chi connectivity index (χ2v) is 4.42. The summed E-state index contributed by atoms with van der Waals surface area (Å²) in [6, 6.07) is 0.153. The molecule has 0 aliphatic rings. The van der Waals surface area contributed by atoms with Gasteiger partial charge >= 0.3 is 0 Å². The Hall–Kier alpha value is -1.34. The van der Waals surface area contributed by atoms with Crippen LogP contribution in [0.15, 0.2) is 6.07 Å². The SMILES string of the molecule is CCN(CC)CCNCCOc1c(F)c(F)cc(F)c1F. The average molecular weight is 308 g/mol. The van der Waals surface area contributed by atoms with Gasteiger partial charge in [0.25, 0.3) is 0 Å². The lowest BCUT2D eigenvalue weighted by molar-refractivity contribution is 0.262. The largest absolute Gasteiger partial charge is 0.486 e. The highest BCUT2D eigenvalue weighted by atomic mass is 19.2. The standard InChI is InChI=1S/C14H20F4N2O/c1-3-20(4-2)7-5-19-6-8-21-14-12(17)10(15)9-11(16)13(14)18/h9,19H,3-8H2,1-2H3. The van der Waals surface area contributed by atoms with Crippen LogP contribution in [-0.4, -0.2) is 44.2 Å². The maximum Gasteiger partial charge on any atom is 0.203 e. The highest BCUT2D eigenvalue weighted by Crippen LogP contribution is 2.26. The number of nitrogens with one attached hydrogen (secondary N) is 1. The highest BCUT2D eigenvalue weighted by Gasteiger charge is 2.20. The summed E-state index contributed by atoms with van der Waals surface area (Å²) in [7, 11) is 0. The van der Waals surface area contributed by atoms with Gasteiger partial charge in [-0.15, -0.1) is 0 Å². The third kappa shape index (κ3) is 5.17. The van der Waals surface area contributed by atoms with Crippen molar-refractivity contribution in [2.45, 2.75) is 13.8 Å². The number of likely N-dealkylation sites (N-methyl/N-ethyl adjacent to an activating group) is 1. The van der Waals surface area contributed by atoms with E-state index in [4.69, 9.17) is 4.74 Å². The predicted octanol–water partition coefficient (Wildman–Crippen LogP) is 2.55. The number of ether oxygens (including phenoxy) is 1. The van der Waals surface area contributed by atoms with Gasteiger partial charge in [-0.05, 0) is 13.1 Å². The summed E-state index contributed by atoms with van der Waals surface area (Å²) in [6.07, 6.45) is 0. The van der Waals surface area contributed by atoms with Crippen LogP contribution < -0.4 is 10.1 Å². The smallest absolute Gasteiger partial charge is 0.203 e. The van der Waals surface area contributed by atoms with E-state index in [9.17, 15) is 17.6 Å². The minimum Gasteiger partial charge on any atom is -0.486 e. The topological polar surface area (TPSA) is 24.5 Å². The Balaban J connectivity index is 2.37. The normalized spacial score (nSPS) is 11.2. The minimum absolute atomic E-state index is 0.0883. The number of benzene rings is 1. The molecular formula is C14H20F4N2O. The van der Waals surface area contributed by atoms with Gasteiger partial charge in [0.1, 0.15) is 6.61 Å². The van der Waals surface area contributed by atoms with Gasteiger partial charge in [0.05, 0.1) is 0 Å². The number of halogens is 4. The zero-order valence-corrected chi connectivity index (χ0v) is 12.2. The maximum absolute atomic E-state index is 13.3. The van der Waals surface area contributed by atoms with Crippen LogP contribution in [-0.2, 0) is 0 Å². The van der Waals surface area contributed by atoms with Crippen molar-refractivity contribution in [3.8, 4) is 5.75 Å². The van der Waals surface area contributed by atoms with Crippen molar-refractivity contribution in [1.82, 2.24) is 10.2 Å². The van der Waals surface area contributed by atoms with Crippen LogP contribution in [0.25, 0.3) is 0 Å². The van der Waals surface area contributed by atoms with E-state index in [1.54, 1.807) is 0 Å². The third-order valence-electron chi connectivity index (χ3n) is 3.10. The van der Waals surface area contributed by atoms with Gasteiger partial charge in [-0.25, -0.2) is 8.78 Å². The molecule has 0 aromatic heterocycles. The molecule has 1 rings (SSSR count). The Morgan fingerprint density at radius 2 is 1.57 bits per heavy atom. The van der Waals surface area contributed by atoms with Gasteiger partial charge in [0, 0.05) is 25.7 Å². The van der Waals surface area contributed by atoms with Crippen molar-refractivity contribution >= 4 is 0 Å². The van der Waals surface area contributed by atoms with Crippen LogP contribution in [0.4, 0.5) is 17.6 Å². The van der Waals surface area contributed by atoms with Gasteiger partial charge < -0.3 is 15.0 Å². The molecule has 1 N–H and O–H groups in total. The molecule has 0 heterocycles. The van der Waals surface area contributed by atoms with Crippen molar-refractivity contribution in [3.05, 3.63) is 29.3 Å². The molecule has 0 unspecified atom stereocenters. The molecule has 120 valence electrons. The van der Waals surface area contributed by atoms with Gasteiger partial charge in [0.15, 0.2) is 17.4 Å². The summed E-state index contributed by atoms with van der Waals surface area (Å²) in [4.78, 5) is 2.20. The fourth-order valence-corrected chi connectivity index (χ4v) is 1.81. The van der Waals surface area contributed by atoms with Crippen molar-refractivity contribution < 1.29 is 22.3 Å². The first-order chi connectivity index (χ1) is 10.0. The van der Waals surface area contributed by atoms with E-state index in [0.717, 1.165) is 19.6 Å². The van der Waals surface area contributed by atoms with E-state index in [0.29, 0.717) is 13.1 Å². The number of rotatable bonds is 9. The van der Waals surface area contributed by atoms with Gasteiger partial charge in [-0.1, -0.05) is 13.8 Å². The third-order valence-corrected chi connectivity index (χ3v) is 3.10. The van der Waals surface area contributed by atoms with Crippen LogP contribution in [0.1, 0.15) is 13.8 Å². The van der Waals surface area contributed by atoms with E-state index in [1.165, 1.54) is 0 Å². The number of hydrogen-bond donors (Lipinski definition) is 1. The summed E-state index contributed by atoms with van der Waals surface area (Å²) < 4.78 is 57.2. The molecule has 0 aliphatic heterocycles. The summed E-state index contributed by atoms with van der Waals surface area (Å²) >= 11 is 0. The van der Waals surface area contributed by atoms with Crippen LogP contribution >= 0.6 is 0 Å². The van der Waals surface area contributed by atoms with Crippen LogP contribution in [0.5, 0.6) is 5.75 Å². The first-order valence-corrected chi connectivity index (χ1v) is 6.90. The van der Waals surface area contributed by atoms with Crippen molar-refractivity contribution in [2.75, 3.05) is 39.3 Å². The summed E-state index contributed by atoms with van der Waals surface area (Å²) in [5.41, 5.74) is 0. The fraction of sp³-hybridized carbons (Fsp3) is 0.571. The van der Waals surface area contributed by atoms with Crippen molar-refractivity contribution in [2.24, 2.45) is 0 Å². The second kappa shape index (κ2) is 8.84. The first-order valence-electron chi connectivity index (χ1n) is 6.90. The zero-order chi connectivity index (χ0) is 15.8. The fourth-order valence-electron chi connectivity index (χ4n) is 1.81. The molecule has 21 heavy (non-hydrogen) atoms. The van der Waals surface area contributed by atoms with Crippen LogP contribution in [0, 0.1) is 23.3 Å². The summed E-state index contributed by atoms with van der Waals surface area (Å²) in [6.45, 7) is 7.74. The Morgan fingerprint density at radius 1 is 1.00 bits per heavy atom. The average Bonchev–Trinajstić information content (AvgIpc) is 2.47. The van der Waals surface area contributed by atoms with Gasteiger partial charge in [-0.3, -0.25) is 0 Å². The molecule has 0 atom stereocenters. The lowest BCUT2D eigenvalue weighted by atomic mass is 10.3. The van der Waals surface area contributed by atoms with E-state index < -0.39 is 29.0 Å². The monoisotopic (exact) mass is 308 g/mol. The van der Waals surface area contributed by atoms with Gasteiger partial charge in [0.2, 0.25) is 11.6 Å². The molecule has 0 aliphatic carbocycles. The molecular weight excluding hydrogens is 288 g/mol. The predicted molar refractivity (Wildman–Crippen MR) is 72.4 cm³/mol. The van der Waals surface area contributed by atoms with Gasteiger partial charge in [-0.2, -0.15) is 8.78 Å². The minimum atomic E-state index is -1.52. The maximum atomic E-state index is 13.3.